The number of hydrogen-bond donors (Lipinski definition) is 1. The molecule has 5 rings (SSSR count). The van der Waals surface area contributed by atoms with Gasteiger partial charge in [-0.1, -0.05) is 36.7 Å². The van der Waals surface area contributed by atoms with E-state index in [1.54, 1.807) is 6.33 Å². The molecule has 0 spiro atoms. The number of carbonyl (C=O) groups is 1. The van der Waals surface area contributed by atoms with Crippen LogP contribution in [0, 0.1) is 0 Å². The van der Waals surface area contributed by atoms with Gasteiger partial charge in [-0.2, -0.15) is 0 Å². The molecule has 3 heterocycles. The van der Waals surface area contributed by atoms with E-state index < -0.39 is 5.91 Å². The summed E-state index contributed by atoms with van der Waals surface area (Å²) in [5.74, 6) is 0.560. The fraction of sp³-hybridized carbons (Fsp3) is 0.333. The fourth-order valence-electron chi connectivity index (χ4n) is 4.74. The largest absolute Gasteiger partial charge is 0.490 e. The standard InChI is InChI=1S/C27H29ClN4O2S/c1-17(21-5-3-4-6-22(21)28)13-18-14-25(35-26(18)27(29)33)32-16-30-23-8-7-20(15-24(23)32)34-19-9-11-31(2)12-10-19/h3-8,14-17,19H,9-13H2,1-2H3,(H2,29,33)/t17-/m0/s1. The van der Waals surface area contributed by atoms with Crippen molar-refractivity contribution in [3.05, 3.63) is 75.9 Å². The number of ether oxygens (including phenoxy) is 1. The lowest BCUT2D eigenvalue weighted by Gasteiger charge is -2.29. The number of carbonyl (C=O) groups excluding carboxylic acids is 1. The van der Waals surface area contributed by atoms with E-state index in [-0.39, 0.29) is 12.0 Å². The molecule has 2 N–H and O–H groups in total. The van der Waals surface area contributed by atoms with E-state index in [1.807, 2.05) is 53.1 Å². The van der Waals surface area contributed by atoms with Crippen molar-refractivity contribution in [1.82, 2.24) is 14.5 Å². The third kappa shape index (κ3) is 5.08. The van der Waals surface area contributed by atoms with Crippen LogP contribution in [0.5, 0.6) is 5.75 Å². The highest BCUT2D eigenvalue weighted by atomic mass is 35.5. The average molecular weight is 509 g/mol. The molecule has 1 atom stereocenters. The Bertz CT molecular complexity index is 1360. The monoisotopic (exact) mass is 508 g/mol. The fourth-order valence-corrected chi connectivity index (χ4v) is 6.09. The molecule has 8 heteroatoms. The molecule has 0 aliphatic carbocycles. The van der Waals surface area contributed by atoms with Crippen molar-refractivity contribution in [1.29, 1.82) is 0 Å². The maximum Gasteiger partial charge on any atom is 0.259 e. The molecule has 0 bridgehead atoms. The summed E-state index contributed by atoms with van der Waals surface area (Å²) in [4.78, 5) is 19.8. The maximum absolute atomic E-state index is 12.3. The summed E-state index contributed by atoms with van der Waals surface area (Å²) in [5, 5.41) is 1.63. The summed E-state index contributed by atoms with van der Waals surface area (Å²) in [6, 6.07) is 15.9. The van der Waals surface area contributed by atoms with Gasteiger partial charge in [0.2, 0.25) is 0 Å². The Morgan fingerprint density at radius 2 is 2.00 bits per heavy atom. The average Bonchev–Trinajstić information content (AvgIpc) is 3.44. The quantitative estimate of drug-likeness (QED) is 0.349. The van der Waals surface area contributed by atoms with Gasteiger partial charge in [0.05, 0.1) is 15.9 Å². The Kier molecular flexibility index (Phi) is 6.82. The van der Waals surface area contributed by atoms with Crippen molar-refractivity contribution in [2.45, 2.75) is 38.2 Å². The molecule has 2 aromatic carbocycles. The van der Waals surface area contributed by atoms with Crippen LogP contribution in [-0.2, 0) is 6.42 Å². The highest BCUT2D eigenvalue weighted by molar-refractivity contribution is 7.16. The van der Waals surface area contributed by atoms with E-state index in [2.05, 4.69) is 23.9 Å². The van der Waals surface area contributed by atoms with E-state index >= 15 is 0 Å². The van der Waals surface area contributed by atoms with Crippen LogP contribution < -0.4 is 10.5 Å². The van der Waals surface area contributed by atoms with E-state index in [0.717, 1.165) is 63.9 Å². The Hall–Kier alpha value is -2.87. The lowest BCUT2D eigenvalue weighted by Crippen LogP contribution is -2.35. The van der Waals surface area contributed by atoms with Gasteiger partial charge in [-0.25, -0.2) is 4.98 Å². The molecule has 0 unspecified atom stereocenters. The molecule has 1 saturated heterocycles. The number of fused-ring (bicyclic) bond motifs is 1. The van der Waals surface area contributed by atoms with Crippen LogP contribution in [-0.4, -0.2) is 46.6 Å². The second kappa shape index (κ2) is 10.0. The molecule has 0 radical (unpaired) electrons. The van der Waals surface area contributed by atoms with Crippen molar-refractivity contribution in [3.63, 3.8) is 0 Å². The van der Waals surface area contributed by atoms with Crippen LogP contribution in [0.3, 0.4) is 0 Å². The summed E-state index contributed by atoms with van der Waals surface area (Å²) in [5.41, 5.74) is 9.57. The Balaban J connectivity index is 1.44. The zero-order valence-electron chi connectivity index (χ0n) is 19.9. The van der Waals surface area contributed by atoms with Gasteiger partial charge in [0.15, 0.2) is 0 Å². The third-order valence-electron chi connectivity index (χ3n) is 6.71. The molecule has 0 saturated carbocycles. The molecule has 1 fully saturated rings. The molecular weight excluding hydrogens is 480 g/mol. The highest BCUT2D eigenvalue weighted by Crippen LogP contribution is 2.34. The number of aromatic nitrogens is 2. The predicted octanol–water partition coefficient (Wildman–Crippen LogP) is 5.66. The van der Waals surface area contributed by atoms with Gasteiger partial charge in [-0.15, -0.1) is 11.3 Å². The molecule has 1 aliphatic rings. The predicted molar refractivity (Wildman–Crippen MR) is 142 cm³/mol. The van der Waals surface area contributed by atoms with Crippen LogP contribution in [0.4, 0.5) is 0 Å². The van der Waals surface area contributed by atoms with Crippen LogP contribution in [0.15, 0.2) is 54.9 Å². The maximum atomic E-state index is 12.3. The molecule has 1 aliphatic heterocycles. The number of hydrogen-bond acceptors (Lipinski definition) is 5. The molecular formula is C27H29ClN4O2S. The van der Waals surface area contributed by atoms with E-state index in [4.69, 9.17) is 22.1 Å². The summed E-state index contributed by atoms with van der Waals surface area (Å²) >= 11 is 7.81. The van der Waals surface area contributed by atoms with Crippen molar-refractivity contribution in [3.8, 4) is 10.8 Å². The Morgan fingerprint density at radius 1 is 1.23 bits per heavy atom. The molecule has 6 nitrogen and oxygen atoms in total. The van der Waals surface area contributed by atoms with Crippen LogP contribution in [0.2, 0.25) is 5.02 Å². The summed E-state index contributed by atoms with van der Waals surface area (Å²) in [7, 11) is 2.14. The lowest BCUT2D eigenvalue weighted by molar-refractivity contribution is 0.100. The van der Waals surface area contributed by atoms with Gasteiger partial charge in [0.25, 0.3) is 5.91 Å². The first-order valence-electron chi connectivity index (χ1n) is 11.9. The first-order valence-corrected chi connectivity index (χ1v) is 13.1. The lowest BCUT2D eigenvalue weighted by atomic mass is 9.94. The zero-order chi connectivity index (χ0) is 24.5. The zero-order valence-corrected chi connectivity index (χ0v) is 21.5. The number of halogens is 1. The summed E-state index contributed by atoms with van der Waals surface area (Å²) in [6.45, 7) is 4.21. The minimum Gasteiger partial charge on any atom is -0.490 e. The van der Waals surface area contributed by atoms with Crippen molar-refractivity contribution in [2.24, 2.45) is 5.73 Å². The number of benzene rings is 2. The normalized spacial score (nSPS) is 16.0. The number of primary amides is 1. The smallest absolute Gasteiger partial charge is 0.259 e. The third-order valence-corrected chi connectivity index (χ3v) is 8.24. The van der Waals surface area contributed by atoms with E-state index in [9.17, 15) is 4.79 Å². The first kappa shape index (κ1) is 23.9. The summed E-state index contributed by atoms with van der Waals surface area (Å²) in [6.07, 6.45) is 4.72. The number of imidazole rings is 1. The van der Waals surface area contributed by atoms with Gasteiger partial charge < -0.3 is 15.4 Å². The number of thiophene rings is 1. The van der Waals surface area contributed by atoms with E-state index in [0.29, 0.717) is 11.3 Å². The van der Waals surface area contributed by atoms with Gasteiger partial charge in [-0.05, 0) is 67.6 Å². The van der Waals surface area contributed by atoms with E-state index in [1.165, 1.54) is 11.3 Å². The number of nitrogens with zero attached hydrogens (tertiary/aromatic N) is 3. The number of piperidine rings is 1. The second-order valence-corrected chi connectivity index (χ2v) is 10.8. The first-order chi connectivity index (χ1) is 16.9. The SMILES string of the molecule is C[C@@H](Cc1cc(-n2cnc3ccc(OC4CCN(C)CC4)cc32)sc1C(N)=O)c1ccccc1Cl. The van der Waals surface area contributed by atoms with Gasteiger partial charge >= 0.3 is 0 Å². The van der Waals surface area contributed by atoms with Gasteiger partial charge in [-0.3, -0.25) is 9.36 Å². The number of amides is 1. The number of likely N-dealkylation sites (tertiary alicyclic amines) is 1. The van der Waals surface area contributed by atoms with Gasteiger partial charge in [0.1, 0.15) is 23.2 Å². The minimum absolute atomic E-state index is 0.137. The minimum atomic E-state index is -0.418. The van der Waals surface area contributed by atoms with Crippen LogP contribution in [0.1, 0.15) is 46.5 Å². The Morgan fingerprint density at radius 3 is 2.74 bits per heavy atom. The summed E-state index contributed by atoms with van der Waals surface area (Å²) < 4.78 is 8.31. The second-order valence-electron chi connectivity index (χ2n) is 9.32. The van der Waals surface area contributed by atoms with Crippen molar-refractivity contribution in [2.75, 3.05) is 20.1 Å². The van der Waals surface area contributed by atoms with Crippen LogP contribution in [0.25, 0.3) is 16.0 Å². The van der Waals surface area contributed by atoms with Crippen molar-refractivity contribution < 1.29 is 9.53 Å². The molecule has 35 heavy (non-hydrogen) atoms. The Labute approximate surface area is 214 Å². The van der Waals surface area contributed by atoms with Gasteiger partial charge in [0, 0.05) is 24.2 Å². The molecule has 1 amide bonds. The number of rotatable bonds is 7. The van der Waals surface area contributed by atoms with Crippen molar-refractivity contribution >= 4 is 39.9 Å². The topological polar surface area (TPSA) is 73.4 Å². The van der Waals surface area contributed by atoms with Crippen LogP contribution >= 0.6 is 22.9 Å². The molecule has 4 aromatic rings. The molecule has 2 aromatic heterocycles. The number of nitrogens with two attached hydrogens (primary N) is 1. The highest BCUT2D eigenvalue weighted by Gasteiger charge is 2.21. The molecule has 182 valence electrons.